The molecule has 0 saturated carbocycles. The van der Waals surface area contributed by atoms with Crippen LogP contribution in [-0.4, -0.2) is 35.4 Å². The van der Waals surface area contributed by atoms with Gasteiger partial charge in [0.2, 0.25) is 0 Å². The molecule has 0 spiro atoms. The molecule has 1 saturated heterocycles. The van der Waals surface area contributed by atoms with Crippen LogP contribution < -0.4 is 0 Å². The smallest absolute Gasteiger partial charge is 0.179 e. The molecule has 2 heterocycles. The Hall–Kier alpha value is -1.49. The van der Waals surface area contributed by atoms with Gasteiger partial charge in [-0.05, 0) is 12.8 Å². The van der Waals surface area contributed by atoms with Gasteiger partial charge in [0.1, 0.15) is 11.5 Å². The molecule has 0 aromatic carbocycles. The van der Waals surface area contributed by atoms with Crippen LogP contribution in [0.5, 0.6) is 0 Å². The summed E-state index contributed by atoms with van der Waals surface area (Å²) >= 11 is 0. The fourth-order valence-electron chi connectivity index (χ4n) is 1.98. The zero-order valence-corrected chi connectivity index (χ0v) is 9.35. The number of ketones is 1. The summed E-state index contributed by atoms with van der Waals surface area (Å²) in [4.78, 5) is 15.6. The molecule has 0 bridgehead atoms. The van der Waals surface area contributed by atoms with E-state index in [4.69, 9.17) is 4.74 Å². The first-order valence-electron chi connectivity index (χ1n) is 5.37. The zero-order valence-electron chi connectivity index (χ0n) is 9.35. The number of imidazole rings is 1. The van der Waals surface area contributed by atoms with E-state index in [0.29, 0.717) is 11.6 Å². The molecule has 0 unspecified atom stereocenters. The standard InChI is InChI=1S/C11H15N3O2/c1-8(15)10-7-13-11(14(10)12-2)9-3-5-16-6-4-9/h7,9H,2-6H2,1H3. The minimum atomic E-state index is -0.0433. The van der Waals surface area contributed by atoms with Gasteiger partial charge in [0.25, 0.3) is 0 Å². The molecule has 0 radical (unpaired) electrons. The lowest BCUT2D eigenvalue weighted by Gasteiger charge is -2.21. The third-order valence-electron chi connectivity index (χ3n) is 2.85. The molecule has 5 nitrogen and oxygen atoms in total. The third-order valence-corrected chi connectivity index (χ3v) is 2.85. The molecule has 0 N–H and O–H groups in total. The van der Waals surface area contributed by atoms with Crippen molar-refractivity contribution in [2.24, 2.45) is 5.10 Å². The number of aromatic nitrogens is 2. The van der Waals surface area contributed by atoms with Crippen molar-refractivity contribution in [2.45, 2.75) is 25.7 Å². The average molecular weight is 221 g/mol. The molecule has 1 aromatic heterocycles. The number of carbonyl (C=O) groups is 1. The highest BCUT2D eigenvalue weighted by molar-refractivity contribution is 5.92. The van der Waals surface area contributed by atoms with E-state index in [2.05, 4.69) is 16.8 Å². The summed E-state index contributed by atoms with van der Waals surface area (Å²) in [6.07, 6.45) is 3.41. The van der Waals surface area contributed by atoms with Crippen LogP contribution in [0.2, 0.25) is 0 Å². The van der Waals surface area contributed by atoms with Gasteiger partial charge in [0.05, 0.1) is 6.20 Å². The maximum Gasteiger partial charge on any atom is 0.179 e. The zero-order chi connectivity index (χ0) is 11.5. The molecule has 0 atom stereocenters. The van der Waals surface area contributed by atoms with Crippen molar-refractivity contribution in [3.8, 4) is 0 Å². The molecule has 2 rings (SSSR count). The van der Waals surface area contributed by atoms with E-state index in [9.17, 15) is 4.79 Å². The van der Waals surface area contributed by atoms with Crippen LogP contribution in [0.15, 0.2) is 11.3 Å². The first-order chi connectivity index (χ1) is 7.74. The van der Waals surface area contributed by atoms with Crippen LogP contribution in [0.4, 0.5) is 0 Å². The van der Waals surface area contributed by atoms with Gasteiger partial charge in [-0.25, -0.2) is 9.66 Å². The second-order valence-electron chi connectivity index (χ2n) is 3.90. The Morgan fingerprint density at radius 1 is 1.62 bits per heavy atom. The molecule has 1 aliphatic heterocycles. The second kappa shape index (κ2) is 4.57. The first kappa shape index (κ1) is 11.0. The Bertz CT molecular complexity index is 405. The summed E-state index contributed by atoms with van der Waals surface area (Å²) in [6, 6.07) is 0. The minimum absolute atomic E-state index is 0.0433. The predicted molar refractivity (Wildman–Crippen MR) is 60.0 cm³/mol. The lowest BCUT2D eigenvalue weighted by molar-refractivity contribution is 0.0829. The fourth-order valence-corrected chi connectivity index (χ4v) is 1.98. The molecule has 1 aliphatic rings. The van der Waals surface area contributed by atoms with Gasteiger partial charge in [0.15, 0.2) is 5.78 Å². The third kappa shape index (κ3) is 1.90. The van der Waals surface area contributed by atoms with Gasteiger partial charge in [-0.2, -0.15) is 5.10 Å². The Labute approximate surface area is 94.1 Å². The number of ether oxygens (including phenoxy) is 1. The highest BCUT2D eigenvalue weighted by Gasteiger charge is 2.23. The van der Waals surface area contributed by atoms with Crippen molar-refractivity contribution in [1.82, 2.24) is 9.66 Å². The molecule has 0 amide bonds. The Morgan fingerprint density at radius 2 is 2.31 bits per heavy atom. The van der Waals surface area contributed by atoms with Crippen LogP contribution in [0.1, 0.15) is 42.0 Å². The lowest BCUT2D eigenvalue weighted by atomic mass is 10.00. The van der Waals surface area contributed by atoms with E-state index >= 15 is 0 Å². The molecule has 86 valence electrons. The van der Waals surface area contributed by atoms with E-state index in [1.54, 1.807) is 10.9 Å². The van der Waals surface area contributed by atoms with Gasteiger partial charge < -0.3 is 4.74 Å². The van der Waals surface area contributed by atoms with E-state index < -0.39 is 0 Å². The Balaban J connectivity index is 2.32. The van der Waals surface area contributed by atoms with E-state index in [-0.39, 0.29) is 5.78 Å². The van der Waals surface area contributed by atoms with Crippen molar-refractivity contribution in [3.63, 3.8) is 0 Å². The minimum Gasteiger partial charge on any atom is -0.381 e. The molecule has 1 fully saturated rings. The van der Waals surface area contributed by atoms with Crippen molar-refractivity contribution in [2.75, 3.05) is 13.2 Å². The number of nitrogens with zero attached hydrogens (tertiary/aromatic N) is 3. The summed E-state index contributed by atoms with van der Waals surface area (Å²) in [5, 5.41) is 3.87. The highest BCUT2D eigenvalue weighted by atomic mass is 16.5. The quantitative estimate of drug-likeness (QED) is 0.573. The summed E-state index contributed by atoms with van der Waals surface area (Å²) < 4.78 is 6.85. The first-order valence-corrected chi connectivity index (χ1v) is 5.37. The number of rotatable bonds is 3. The van der Waals surface area contributed by atoms with Gasteiger partial charge in [0, 0.05) is 32.8 Å². The number of hydrogen-bond donors (Lipinski definition) is 0. The molecule has 16 heavy (non-hydrogen) atoms. The van der Waals surface area contributed by atoms with E-state index in [0.717, 1.165) is 31.9 Å². The van der Waals surface area contributed by atoms with Crippen LogP contribution >= 0.6 is 0 Å². The molecule has 1 aromatic rings. The monoisotopic (exact) mass is 221 g/mol. The van der Waals surface area contributed by atoms with Crippen molar-refractivity contribution in [3.05, 3.63) is 17.7 Å². The lowest BCUT2D eigenvalue weighted by Crippen LogP contribution is -2.18. The maximum absolute atomic E-state index is 11.3. The summed E-state index contributed by atoms with van der Waals surface area (Å²) in [5.74, 6) is 1.09. The fraction of sp³-hybridized carbons (Fsp3) is 0.545. The predicted octanol–water partition coefficient (Wildman–Crippen LogP) is 1.44. The number of hydrogen-bond acceptors (Lipinski definition) is 4. The van der Waals surface area contributed by atoms with Gasteiger partial charge in [-0.15, -0.1) is 0 Å². The van der Waals surface area contributed by atoms with Gasteiger partial charge in [-0.1, -0.05) is 0 Å². The second-order valence-corrected chi connectivity index (χ2v) is 3.90. The van der Waals surface area contributed by atoms with Crippen LogP contribution in [0.3, 0.4) is 0 Å². The largest absolute Gasteiger partial charge is 0.381 e. The summed E-state index contributed by atoms with van der Waals surface area (Å²) in [6.45, 7) is 6.48. The average Bonchev–Trinajstić information content (AvgIpc) is 2.73. The van der Waals surface area contributed by atoms with Crippen LogP contribution in [0.25, 0.3) is 0 Å². The van der Waals surface area contributed by atoms with Gasteiger partial charge >= 0.3 is 0 Å². The molecule has 0 aliphatic carbocycles. The summed E-state index contributed by atoms with van der Waals surface area (Å²) in [5.41, 5.74) is 0.497. The van der Waals surface area contributed by atoms with Gasteiger partial charge in [-0.3, -0.25) is 4.79 Å². The number of carbonyl (C=O) groups excluding carboxylic acids is 1. The SMILES string of the molecule is C=Nn1c(C(C)=O)cnc1C1CCOCC1. The van der Waals surface area contributed by atoms with E-state index in [1.165, 1.54) is 6.92 Å². The van der Waals surface area contributed by atoms with Crippen molar-refractivity contribution >= 4 is 12.5 Å². The number of Topliss-reactive ketones (excluding diaryl/α,β-unsaturated/α-hetero) is 1. The van der Waals surface area contributed by atoms with E-state index in [1.807, 2.05) is 0 Å². The normalized spacial score (nSPS) is 17.3. The topological polar surface area (TPSA) is 56.5 Å². The molecular weight excluding hydrogens is 206 g/mol. The van der Waals surface area contributed by atoms with Crippen LogP contribution in [0, 0.1) is 0 Å². The highest BCUT2D eigenvalue weighted by Crippen LogP contribution is 2.26. The maximum atomic E-state index is 11.3. The van der Waals surface area contributed by atoms with Crippen molar-refractivity contribution < 1.29 is 9.53 Å². The summed E-state index contributed by atoms with van der Waals surface area (Å²) in [7, 11) is 0. The van der Waals surface area contributed by atoms with Crippen LogP contribution in [-0.2, 0) is 4.74 Å². The Kier molecular flexibility index (Phi) is 3.14. The van der Waals surface area contributed by atoms with Crippen molar-refractivity contribution in [1.29, 1.82) is 0 Å². The molecule has 5 heteroatoms. The Morgan fingerprint density at radius 3 is 2.88 bits per heavy atom. The molecular formula is C11H15N3O2.